The predicted octanol–water partition coefficient (Wildman–Crippen LogP) is 1.43. The second-order valence-electron chi connectivity index (χ2n) is 4.15. The molecule has 3 nitrogen and oxygen atoms in total. The number of hydrogen-bond donors (Lipinski definition) is 1. The van der Waals surface area contributed by atoms with Gasteiger partial charge in [-0.3, -0.25) is 4.68 Å². The van der Waals surface area contributed by atoms with Crippen molar-refractivity contribution in [1.29, 1.82) is 0 Å². The first-order valence-corrected chi connectivity index (χ1v) is 4.85. The number of hydrogen-bond acceptors (Lipinski definition) is 2. The van der Waals surface area contributed by atoms with Crippen LogP contribution in [0.5, 0.6) is 0 Å². The maximum absolute atomic E-state index is 5.70. The fourth-order valence-electron chi connectivity index (χ4n) is 1.36. The Hall–Kier alpha value is -0.830. The van der Waals surface area contributed by atoms with E-state index in [1.807, 2.05) is 17.8 Å². The summed E-state index contributed by atoms with van der Waals surface area (Å²) in [5.74, 6) is 0.642. The summed E-state index contributed by atoms with van der Waals surface area (Å²) in [4.78, 5) is 0. The quantitative estimate of drug-likeness (QED) is 0.763. The molecule has 0 fully saturated rings. The summed E-state index contributed by atoms with van der Waals surface area (Å²) in [6.07, 6.45) is 4.91. The van der Waals surface area contributed by atoms with E-state index in [2.05, 4.69) is 25.1 Å². The summed E-state index contributed by atoms with van der Waals surface area (Å²) >= 11 is 0. The second-order valence-corrected chi connectivity index (χ2v) is 4.15. The lowest BCUT2D eigenvalue weighted by molar-refractivity contribution is 0.483. The monoisotopic (exact) mass is 181 g/mol. The highest BCUT2D eigenvalue weighted by Crippen LogP contribution is 2.03. The standard InChI is InChI=1S/C10H19N3/c1-8(2)6-13-7-10(5-12-13)4-9(3)11/h5,7-9H,4,6,11H2,1-3H3/t9-/m0/s1. The summed E-state index contributed by atoms with van der Waals surface area (Å²) in [6.45, 7) is 7.37. The first-order valence-electron chi connectivity index (χ1n) is 4.85. The van der Waals surface area contributed by atoms with Crippen LogP contribution in [0.2, 0.25) is 0 Å². The number of nitrogens with zero attached hydrogens (tertiary/aromatic N) is 2. The van der Waals surface area contributed by atoms with E-state index in [0.717, 1.165) is 13.0 Å². The van der Waals surface area contributed by atoms with Crippen LogP contribution >= 0.6 is 0 Å². The first-order chi connectivity index (χ1) is 6.08. The minimum atomic E-state index is 0.219. The molecule has 1 aromatic rings. The van der Waals surface area contributed by atoms with Crippen molar-refractivity contribution >= 4 is 0 Å². The Labute approximate surface area is 79.9 Å². The first kappa shape index (κ1) is 10.3. The van der Waals surface area contributed by atoms with Crippen molar-refractivity contribution in [3.05, 3.63) is 18.0 Å². The summed E-state index contributed by atoms with van der Waals surface area (Å²) in [6, 6.07) is 0.219. The Morgan fingerprint density at radius 2 is 2.15 bits per heavy atom. The van der Waals surface area contributed by atoms with Crippen LogP contribution in [0.15, 0.2) is 12.4 Å². The molecular formula is C10H19N3. The van der Waals surface area contributed by atoms with Gasteiger partial charge >= 0.3 is 0 Å². The van der Waals surface area contributed by atoms with Crippen LogP contribution < -0.4 is 5.73 Å². The molecule has 13 heavy (non-hydrogen) atoms. The van der Waals surface area contributed by atoms with Crippen LogP contribution in [0, 0.1) is 5.92 Å². The van der Waals surface area contributed by atoms with Gasteiger partial charge in [0.2, 0.25) is 0 Å². The van der Waals surface area contributed by atoms with Crippen molar-refractivity contribution in [2.45, 2.75) is 39.8 Å². The summed E-state index contributed by atoms with van der Waals surface area (Å²) in [5.41, 5.74) is 6.93. The SMILES string of the molecule is CC(C)Cn1cc(C[C@H](C)N)cn1. The Morgan fingerprint density at radius 3 is 2.69 bits per heavy atom. The van der Waals surface area contributed by atoms with Gasteiger partial charge in [0.1, 0.15) is 0 Å². The predicted molar refractivity (Wildman–Crippen MR) is 54.4 cm³/mol. The summed E-state index contributed by atoms with van der Waals surface area (Å²) in [7, 11) is 0. The van der Waals surface area contributed by atoms with Gasteiger partial charge < -0.3 is 5.73 Å². The van der Waals surface area contributed by atoms with E-state index in [0.29, 0.717) is 5.92 Å². The van der Waals surface area contributed by atoms with E-state index in [1.54, 1.807) is 0 Å². The number of rotatable bonds is 4. The van der Waals surface area contributed by atoms with Gasteiger partial charge in [-0.05, 0) is 24.8 Å². The molecule has 0 aliphatic heterocycles. The maximum atomic E-state index is 5.70. The molecule has 0 saturated carbocycles. The van der Waals surface area contributed by atoms with Crippen LogP contribution in [0.4, 0.5) is 0 Å². The topological polar surface area (TPSA) is 43.8 Å². The summed E-state index contributed by atoms with van der Waals surface area (Å²) < 4.78 is 1.99. The van der Waals surface area contributed by atoms with Crippen LogP contribution in [-0.2, 0) is 13.0 Å². The highest BCUT2D eigenvalue weighted by molar-refractivity contribution is 5.05. The molecule has 1 atom stereocenters. The van der Waals surface area contributed by atoms with Gasteiger partial charge in [0.25, 0.3) is 0 Å². The number of aromatic nitrogens is 2. The molecule has 1 aromatic heterocycles. The van der Waals surface area contributed by atoms with Gasteiger partial charge in [-0.15, -0.1) is 0 Å². The Balaban J connectivity index is 2.53. The lowest BCUT2D eigenvalue weighted by atomic mass is 10.1. The molecule has 0 aliphatic carbocycles. The van der Waals surface area contributed by atoms with Gasteiger partial charge in [-0.2, -0.15) is 5.10 Å². The zero-order chi connectivity index (χ0) is 9.84. The molecule has 0 aliphatic rings. The van der Waals surface area contributed by atoms with Gasteiger partial charge in [-0.1, -0.05) is 13.8 Å². The van der Waals surface area contributed by atoms with Crippen LogP contribution in [0.3, 0.4) is 0 Å². The van der Waals surface area contributed by atoms with Crippen molar-refractivity contribution in [3.63, 3.8) is 0 Å². The molecule has 3 heteroatoms. The normalized spacial score (nSPS) is 13.6. The molecule has 0 saturated heterocycles. The molecule has 74 valence electrons. The van der Waals surface area contributed by atoms with Crippen molar-refractivity contribution < 1.29 is 0 Å². The lowest BCUT2D eigenvalue weighted by Gasteiger charge is -2.04. The van der Waals surface area contributed by atoms with E-state index < -0.39 is 0 Å². The fraction of sp³-hybridized carbons (Fsp3) is 0.700. The van der Waals surface area contributed by atoms with E-state index >= 15 is 0 Å². The maximum Gasteiger partial charge on any atom is 0.0522 e. The lowest BCUT2D eigenvalue weighted by Crippen LogP contribution is -2.17. The Morgan fingerprint density at radius 1 is 1.46 bits per heavy atom. The molecule has 1 rings (SSSR count). The van der Waals surface area contributed by atoms with Gasteiger partial charge in [-0.25, -0.2) is 0 Å². The molecule has 0 aromatic carbocycles. The van der Waals surface area contributed by atoms with Crippen LogP contribution in [0.25, 0.3) is 0 Å². The van der Waals surface area contributed by atoms with Crippen molar-refractivity contribution in [2.24, 2.45) is 11.7 Å². The summed E-state index contributed by atoms with van der Waals surface area (Å²) in [5, 5.41) is 4.27. The van der Waals surface area contributed by atoms with Gasteiger partial charge in [0.05, 0.1) is 6.20 Å². The third-order valence-corrected chi connectivity index (χ3v) is 1.80. The largest absolute Gasteiger partial charge is 0.328 e. The van der Waals surface area contributed by atoms with E-state index in [-0.39, 0.29) is 6.04 Å². The molecule has 0 amide bonds. The zero-order valence-corrected chi connectivity index (χ0v) is 8.70. The minimum Gasteiger partial charge on any atom is -0.328 e. The zero-order valence-electron chi connectivity index (χ0n) is 8.70. The van der Waals surface area contributed by atoms with E-state index in [9.17, 15) is 0 Å². The average molecular weight is 181 g/mol. The fourth-order valence-corrected chi connectivity index (χ4v) is 1.36. The molecule has 1 heterocycles. The smallest absolute Gasteiger partial charge is 0.0522 e. The number of nitrogens with two attached hydrogens (primary N) is 1. The molecule has 0 bridgehead atoms. The highest BCUT2D eigenvalue weighted by atomic mass is 15.3. The van der Waals surface area contributed by atoms with Gasteiger partial charge in [0.15, 0.2) is 0 Å². The third kappa shape index (κ3) is 3.59. The highest BCUT2D eigenvalue weighted by Gasteiger charge is 2.02. The van der Waals surface area contributed by atoms with Crippen molar-refractivity contribution in [2.75, 3.05) is 0 Å². The Bertz CT molecular complexity index is 226. The third-order valence-electron chi connectivity index (χ3n) is 1.80. The molecule has 2 N–H and O–H groups in total. The van der Waals surface area contributed by atoms with Crippen LogP contribution in [-0.4, -0.2) is 15.8 Å². The van der Waals surface area contributed by atoms with Gasteiger partial charge in [0, 0.05) is 18.8 Å². The van der Waals surface area contributed by atoms with E-state index in [1.165, 1.54) is 5.56 Å². The second kappa shape index (κ2) is 4.42. The van der Waals surface area contributed by atoms with E-state index in [4.69, 9.17) is 5.73 Å². The molecule has 0 unspecified atom stereocenters. The van der Waals surface area contributed by atoms with Crippen molar-refractivity contribution in [1.82, 2.24) is 9.78 Å². The molecule has 0 spiro atoms. The minimum absolute atomic E-state index is 0.219. The molecular weight excluding hydrogens is 162 g/mol. The Kier molecular flexibility index (Phi) is 3.48. The van der Waals surface area contributed by atoms with Crippen molar-refractivity contribution in [3.8, 4) is 0 Å². The average Bonchev–Trinajstić information content (AvgIpc) is 2.33. The van der Waals surface area contributed by atoms with Crippen LogP contribution in [0.1, 0.15) is 26.3 Å². The molecule has 0 radical (unpaired) electrons.